The maximum atomic E-state index is 13.5. The Morgan fingerprint density at radius 3 is 2.02 bits per heavy atom. The van der Waals surface area contributed by atoms with Crippen LogP contribution in [0.25, 0.3) is 0 Å². The van der Waals surface area contributed by atoms with Crippen molar-refractivity contribution in [3.05, 3.63) is 23.8 Å². The first-order chi connectivity index (χ1) is 22.9. The molecule has 0 amide bonds. The lowest BCUT2D eigenvalue weighted by Crippen LogP contribution is -2.76. The fourth-order valence-electron chi connectivity index (χ4n) is 7.46. The number of aliphatic hydroxyl groups is 3. The average Bonchev–Trinajstić information content (AvgIpc) is 3.75. The molecule has 4 rings (SSSR count). The average molecular weight is 697 g/mol. The number of carbonyl (C=O) groups is 6. The zero-order valence-corrected chi connectivity index (χ0v) is 28.4. The molecule has 0 aromatic heterocycles. The molecular formula is C33H44O16. The molecule has 16 heteroatoms. The van der Waals surface area contributed by atoms with Crippen LogP contribution >= 0.6 is 0 Å². The highest BCUT2D eigenvalue weighted by Gasteiger charge is 2.81. The van der Waals surface area contributed by atoms with Crippen molar-refractivity contribution in [3.63, 3.8) is 0 Å². The molecule has 4 aliphatic rings. The summed E-state index contributed by atoms with van der Waals surface area (Å²) in [6.07, 6.45) is -6.16. The monoisotopic (exact) mass is 696 g/mol. The topological polar surface area (TPSA) is 231 Å². The molecule has 3 N–H and O–H groups in total. The predicted octanol–water partition coefficient (Wildman–Crippen LogP) is -0.170. The van der Waals surface area contributed by atoms with Gasteiger partial charge in [0.2, 0.25) is 0 Å². The SMILES string of the molecule is CC(=O)OC1C(OC(C)=O)C2(CO2)C2C(OC(C)=O)C3(O)C(C=C(CO)C=CC(OC(=O)CO)C2(C)C1OC(=O)CC(C)C)OC(=O)C3C. The molecule has 11 unspecified atom stereocenters. The van der Waals surface area contributed by atoms with Crippen molar-refractivity contribution < 1.29 is 77.2 Å². The van der Waals surface area contributed by atoms with E-state index >= 15 is 0 Å². The molecule has 2 aliphatic heterocycles. The summed E-state index contributed by atoms with van der Waals surface area (Å²) in [7, 11) is 0. The van der Waals surface area contributed by atoms with Gasteiger partial charge in [0.1, 0.15) is 24.4 Å². The van der Waals surface area contributed by atoms with Gasteiger partial charge < -0.3 is 48.5 Å². The molecular weight excluding hydrogens is 652 g/mol. The van der Waals surface area contributed by atoms with Gasteiger partial charge in [0.05, 0.1) is 24.5 Å². The zero-order valence-electron chi connectivity index (χ0n) is 28.4. The van der Waals surface area contributed by atoms with E-state index in [-0.39, 0.29) is 24.5 Å². The van der Waals surface area contributed by atoms with Gasteiger partial charge in [-0.3, -0.25) is 24.0 Å². The summed E-state index contributed by atoms with van der Waals surface area (Å²) in [4.78, 5) is 77.8. The first-order valence-electron chi connectivity index (χ1n) is 15.9. The van der Waals surface area contributed by atoms with Crippen LogP contribution in [-0.2, 0) is 61.9 Å². The number of carbonyl (C=O) groups excluding carboxylic acids is 6. The Kier molecular flexibility index (Phi) is 11.0. The van der Waals surface area contributed by atoms with Crippen LogP contribution in [0.2, 0.25) is 0 Å². The largest absolute Gasteiger partial charge is 0.459 e. The molecule has 0 aromatic rings. The first kappa shape index (κ1) is 38.0. The maximum absolute atomic E-state index is 13.5. The third-order valence-electron chi connectivity index (χ3n) is 9.63. The molecule has 1 spiro atoms. The molecule has 11 atom stereocenters. The highest BCUT2D eigenvalue weighted by atomic mass is 16.7. The van der Waals surface area contributed by atoms with Gasteiger partial charge in [-0.15, -0.1) is 0 Å². The molecule has 2 heterocycles. The Morgan fingerprint density at radius 1 is 0.918 bits per heavy atom. The molecule has 1 saturated carbocycles. The van der Waals surface area contributed by atoms with Gasteiger partial charge >= 0.3 is 35.8 Å². The fourth-order valence-corrected chi connectivity index (χ4v) is 7.46. The predicted molar refractivity (Wildman–Crippen MR) is 162 cm³/mol. The zero-order chi connectivity index (χ0) is 36.6. The van der Waals surface area contributed by atoms with Crippen LogP contribution in [0.15, 0.2) is 23.8 Å². The van der Waals surface area contributed by atoms with E-state index in [4.69, 9.17) is 33.2 Å². The minimum Gasteiger partial charge on any atom is -0.459 e. The van der Waals surface area contributed by atoms with E-state index in [0.29, 0.717) is 0 Å². The summed E-state index contributed by atoms with van der Waals surface area (Å²) in [5, 5.41) is 32.7. The van der Waals surface area contributed by atoms with Crippen LogP contribution in [0.5, 0.6) is 0 Å². The number of epoxide rings is 1. The van der Waals surface area contributed by atoms with E-state index in [1.165, 1.54) is 32.1 Å². The van der Waals surface area contributed by atoms with Gasteiger partial charge in [0.25, 0.3) is 0 Å². The highest BCUT2D eigenvalue weighted by molar-refractivity contribution is 5.78. The Morgan fingerprint density at radius 2 is 1.51 bits per heavy atom. The number of esters is 6. The number of hydrogen-bond acceptors (Lipinski definition) is 16. The standard InChI is InChI=1S/C33H44O16/c1-15(2)10-23(39)49-27-25(44-17(4)36)28(45-18(5)37)32(14-43-32)26-29(46-19(6)38)33(42)16(3)30(41)48-22(33)11-20(12-34)8-9-21(31(26,27)7)47-24(40)13-35/h8-9,11,15-16,21-22,25-29,34-35,42H,10,12-14H2,1-7H3. The van der Waals surface area contributed by atoms with Crippen molar-refractivity contribution in [1.29, 1.82) is 0 Å². The van der Waals surface area contributed by atoms with Crippen LogP contribution in [0.4, 0.5) is 0 Å². The van der Waals surface area contributed by atoms with Crippen molar-refractivity contribution in [2.24, 2.45) is 23.2 Å². The summed E-state index contributed by atoms with van der Waals surface area (Å²) < 4.78 is 40.9. The second kappa shape index (κ2) is 14.2. The highest BCUT2D eigenvalue weighted by Crippen LogP contribution is 2.63. The molecule has 16 nitrogen and oxygen atoms in total. The lowest BCUT2D eigenvalue weighted by Gasteiger charge is -2.59. The number of fused-ring (bicyclic) bond motifs is 3. The van der Waals surface area contributed by atoms with Crippen molar-refractivity contribution in [2.75, 3.05) is 19.8 Å². The number of rotatable bonds is 9. The van der Waals surface area contributed by atoms with Crippen molar-refractivity contribution in [3.8, 4) is 0 Å². The summed E-state index contributed by atoms with van der Waals surface area (Å²) in [6, 6.07) is 0. The number of hydrogen-bond donors (Lipinski definition) is 3. The maximum Gasteiger partial charge on any atom is 0.332 e. The minimum absolute atomic E-state index is 0.0647. The Labute approximate surface area is 282 Å². The number of aliphatic hydroxyl groups excluding tert-OH is 2. The van der Waals surface area contributed by atoms with E-state index in [0.717, 1.165) is 20.8 Å². The summed E-state index contributed by atoms with van der Waals surface area (Å²) in [6.45, 7) is 7.43. The van der Waals surface area contributed by atoms with E-state index in [1.54, 1.807) is 13.8 Å². The molecule has 2 saturated heterocycles. The summed E-state index contributed by atoms with van der Waals surface area (Å²) >= 11 is 0. The molecule has 0 aromatic carbocycles. The van der Waals surface area contributed by atoms with Crippen molar-refractivity contribution in [2.45, 2.75) is 103 Å². The van der Waals surface area contributed by atoms with Crippen molar-refractivity contribution in [1.82, 2.24) is 0 Å². The quantitative estimate of drug-likeness (QED) is 0.161. The van der Waals surface area contributed by atoms with Crippen LogP contribution in [-0.4, -0.2) is 119 Å². The molecule has 272 valence electrons. The van der Waals surface area contributed by atoms with Gasteiger partial charge in [0, 0.05) is 33.1 Å². The van der Waals surface area contributed by atoms with E-state index in [9.17, 15) is 44.1 Å². The Hall–Kier alpha value is -3.86. The van der Waals surface area contributed by atoms with Crippen LogP contribution in [0, 0.1) is 23.2 Å². The smallest absolute Gasteiger partial charge is 0.332 e. The second-order valence-electron chi connectivity index (χ2n) is 13.5. The van der Waals surface area contributed by atoms with Crippen molar-refractivity contribution >= 4 is 35.8 Å². The van der Waals surface area contributed by atoms with E-state index in [2.05, 4.69) is 0 Å². The van der Waals surface area contributed by atoms with E-state index in [1.807, 2.05) is 0 Å². The molecule has 49 heavy (non-hydrogen) atoms. The first-order valence-corrected chi connectivity index (χ1v) is 15.9. The lowest BCUT2D eigenvalue weighted by molar-refractivity contribution is -0.280. The minimum atomic E-state index is -2.44. The van der Waals surface area contributed by atoms with Gasteiger partial charge in [-0.05, 0) is 30.6 Å². The van der Waals surface area contributed by atoms with Gasteiger partial charge in [-0.2, -0.15) is 0 Å². The number of ether oxygens (including phenoxy) is 7. The van der Waals surface area contributed by atoms with Gasteiger partial charge in [0.15, 0.2) is 30.0 Å². The normalized spacial score (nSPS) is 37.9. The molecule has 3 fully saturated rings. The van der Waals surface area contributed by atoms with E-state index < -0.39 is 114 Å². The summed E-state index contributed by atoms with van der Waals surface area (Å²) in [5.41, 5.74) is -6.14. The van der Waals surface area contributed by atoms with Crippen LogP contribution < -0.4 is 0 Å². The van der Waals surface area contributed by atoms with Crippen LogP contribution in [0.3, 0.4) is 0 Å². The lowest BCUT2D eigenvalue weighted by atomic mass is 9.51. The Bertz CT molecular complexity index is 1410. The molecule has 0 radical (unpaired) electrons. The third kappa shape index (κ3) is 6.96. The van der Waals surface area contributed by atoms with Gasteiger partial charge in [-0.1, -0.05) is 26.8 Å². The molecule has 0 bridgehead atoms. The summed E-state index contributed by atoms with van der Waals surface area (Å²) in [5.74, 6) is -8.66. The Balaban J connectivity index is 2.17. The third-order valence-corrected chi connectivity index (χ3v) is 9.63. The second-order valence-corrected chi connectivity index (χ2v) is 13.5. The fraction of sp³-hybridized carbons (Fsp3) is 0.697. The van der Waals surface area contributed by atoms with Crippen LogP contribution in [0.1, 0.15) is 54.9 Å². The molecule has 2 aliphatic carbocycles. The van der Waals surface area contributed by atoms with Gasteiger partial charge in [-0.25, -0.2) is 4.79 Å².